The van der Waals surface area contributed by atoms with Gasteiger partial charge in [-0.1, -0.05) is 19.3 Å². The summed E-state index contributed by atoms with van der Waals surface area (Å²) in [4.78, 5) is 31.1. The summed E-state index contributed by atoms with van der Waals surface area (Å²) in [6.45, 7) is 3.54. The average Bonchev–Trinajstić information content (AvgIpc) is 3.11. The lowest BCUT2D eigenvalue weighted by Gasteiger charge is -2.45. The van der Waals surface area contributed by atoms with Gasteiger partial charge in [-0.2, -0.15) is 0 Å². The third-order valence-corrected chi connectivity index (χ3v) is 6.84. The fraction of sp³-hybridized carbons (Fsp3) is 0.583. The van der Waals surface area contributed by atoms with Crippen molar-refractivity contribution in [2.75, 3.05) is 34.3 Å². The largest absolute Gasteiger partial charge is 0.497 e. The van der Waals surface area contributed by atoms with Crippen molar-refractivity contribution in [1.82, 2.24) is 19.7 Å². The molecule has 2 aliphatic rings. The minimum absolute atomic E-state index is 0.0538. The number of carbonyl (C=O) groups is 2. The second-order valence-electron chi connectivity index (χ2n) is 9.38. The van der Waals surface area contributed by atoms with E-state index in [0.717, 1.165) is 42.3 Å². The first kappa shape index (κ1) is 21.7. The highest BCUT2D eigenvalue weighted by Crippen LogP contribution is 2.34. The van der Waals surface area contributed by atoms with Gasteiger partial charge in [0.05, 0.1) is 19.2 Å². The molecule has 0 spiro atoms. The molecule has 1 aromatic carbocycles. The van der Waals surface area contributed by atoms with Crippen LogP contribution in [0.5, 0.6) is 5.75 Å². The molecule has 1 aliphatic carbocycles. The number of ether oxygens (including phenoxy) is 1. The highest BCUT2D eigenvalue weighted by molar-refractivity contribution is 6.03. The van der Waals surface area contributed by atoms with E-state index in [1.54, 1.807) is 12.0 Å². The summed E-state index contributed by atoms with van der Waals surface area (Å²) in [7, 11) is 5.60. The van der Waals surface area contributed by atoms with Crippen molar-refractivity contribution in [1.29, 1.82) is 0 Å². The molecular formula is C24H34N4O3. The maximum Gasteiger partial charge on any atom is 0.271 e. The number of amides is 2. The van der Waals surface area contributed by atoms with Gasteiger partial charge in [0.1, 0.15) is 17.0 Å². The van der Waals surface area contributed by atoms with E-state index in [1.165, 1.54) is 6.42 Å². The maximum atomic E-state index is 13.6. The predicted molar refractivity (Wildman–Crippen MR) is 122 cm³/mol. The van der Waals surface area contributed by atoms with Crippen LogP contribution in [0.25, 0.3) is 10.9 Å². The lowest BCUT2D eigenvalue weighted by Crippen LogP contribution is -2.65. The predicted octanol–water partition coefficient (Wildman–Crippen LogP) is 2.87. The van der Waals surface area contributed by atoms with Crippen molar-refractivity contribution in [2.45, 2.75) is 57.2 Å². The number of hydrogen-bond acceptors (Lipinski definition) is 4. The van der Waals surface area contributed by atoms with Crippen LogP contribution in [0.2, 0.25) is 0 Å². The molecule has 1 fully saturated rings. The quantitative estimate of drug-likeness (QED) is 0.771. The summed E-state index contributed by atoms with van der Waals surface area (Å²) < 4.78 is 7.39. The van der Waals surface area contributed by atoms with Crippen LogP contribution in [-0.2, 0) is 11.3 Å². The second-order valence-corrected chi connectivity index (χ2v) is 9.38. The molecule has 4 rings (SSSR count). The first-order valence-corrected chi connectivity index (χ1v) is 11.3. The lowest BCUT2D eigenvalue weighted by molar-refractivity contribution is -0.133. The van der Waals surface area contributed by atoms with Crippen molar-refractivity contribution in [3.05, 3.63) is 30.0 Å². The Kier molecular flexibility index (Phi) is 5.97. The molecular weight excluding hydrogens is 392 g/mol. The zero-order chi connectivity index (χ0) is 22.2. The Morgan fingerprint density at radius 2 is 1.97 bits per heavy atom. The Balaban J connectivity index is 1.72. The van der Waals surface area contributed by atoms with E-state index in [1.807, 2.05) is 54.8 Å². The second kappa shape index (κ2) is 8.54. The third-order valence-electron chi connectivity index (χ3n) is 6.84. The molecule has 2 amide bonds. The van der Waals surface area contributed by atoms with Gasteiger partial charge in [0.15, 0.2) is 0 Å². The Morgan fingerprint density at radius 1 is 1.23 bits per heavy atom. The van der Waals surface area contributed by atoms with Gasteiger partial charge in [0.2, 0.25) is 5.91 Å². The smallest absolute Gasteiger partial charge is 0.271 e. The standard InChI is InChI=1S/C24H34N4O3/c1-24(23(30)25-18-8-6-5-7-9-18)16-27-20-15-19(31-4)11-10-17(20)14-21(27)22(29)28(24)13-12-26(2)3/h10-11,14-15,18H,5-9,12-13,16H2,1-4H3,(H,25,30)/t24-/m1/s1. The summed E-state index contributed by atoms with van der Waals surface area (Å²) >= 11 is 0. The van der Waals surface area contributed by atoms with Crippen LogP contribution >= 0.6 is 0 Å². The highest BCUT2D eigenvalue weighted by Gasteiger charge is 2.48. The fourth-order valence-corrected chi connectivity index (χ4v) is 4.89. The Morgan fingerprint density at radius 3 is 2.65 bits per heavy atom. The molecule has 0 bridgehead atoms. The Hall–Kier alpha value is -2.54. The van der Waals surface area contributed by atoms with Gasteiger partial charge in [-0.15, -0.1) is 0 Å². The summed E-state index contributed by atoms with van der Waals surface area (Å²) in [6.07, 6.45) is 5.57. The first-order chi connectivity index (χ1) is 14.8. The minimum Gasteiger partial charge on any atom is -0.497 e. The van der Waals surface area contributed by atoms with Crippen molar-refractivity contribution >= 4 is 22.7 Å². The Bertz CT molecular complexity index is 977. The molecule has 1 N–H and O–H groups in total. The topological polar surface area (TPSA) is 66.8 Å². The normalized spacial score (nSPS) is 22.1. The first-order valence-electron chi connectivity index (χ1n) is 11.3. The van der Waals surface area contributed by atoms with Gasteiger partial charge in [0.25, 0.3) is 5.91 Å². The van der Waals surface area contributed by atoms with E-state index in [9.17, 15) is 9.59 Å². The lowest BCUT2D eigenvalue weighted by atomic mass is 9.91. The molecule has 1 atom stereocenters. The number of fused-ring (bicyclic) bond motifs is 3. The van der Waals surface area contributed by atoms with Crippen LogP contribution in [0.15, 0.2) is 24.3 Å². The monoisotopic (exact) mass is 426 g/mol. The van der Waals surface area contributed by atoms with Crippen LogP contribution < -0.4 is 10.1 Å². The maximum absolute atomic E-state index is 13.6. The van der Waals surface area contributed by atoms with Gasteiger partial charge in [-0.25, -0.2) is 0 Å². The molecule has 7 nitrogen and oxygen atoms in total. The van der Waals surface area contributed by atoms with Crippen LogP contribution in [0.1, 0.15) is 49.5 Å². The SMILES string of the molecule is COc1ccc2cc3n(c2c1)C[C@](C)(C(=O)NC1CCCCC1)N(CCN(C)C)C3=O. The van der Waals surface area contributed by atoms with Crippen molar-refractivity contribution in [3.63, 3.8) is 0 Å². The number of aromatic nitrogens is 1. The van der Waals surface area contributed by atoms with Crippen LogP contribution in [0.3, 0.4) is 0 Å². The van der Waals surface area contributed by atoms with Gasteiger partial charge in [-0.05, 0) is 52.1 Å². The number of likely N-dealkylation sites (N-methyl/N-ethyl adjacent to an activating group) is 1. The van der Waals surface area contributed by atoms with E-state index >= 15 is 0 Å². The zero-order valence-electron chi connectivity index (χ0n) is 19.1. The van der Waals surface area contributed by atoms with Gasteiger partial charge in [0, 0.05) is 30.6 Å². The van der Waals surface area contributed by atoms with Crippen molar-refractivity contribution in [3.8, 4) is 5.75 Å². The van der Waals surface area contributed by atoms with Crippen molar-refractivity contribution in [2.24, 2.45) is 0 Å². The van der Waals surface area contributed by atoms with Crippen LogP contribution in [-0.4, -0.2) is 72.1 Å². The summed E-state index contributed by atoms with van der Waals surface area (Å²) in [5, 5.41) is 4.26. The van der Waals surface area contributed by atoms with Crippen molar-refractivity contribution < 1.29 is 14.3 Å². The van der Waals surface area contributed by atoms with Gasteiger partial charge < -0.3 is 24.4 Å². The summed E-state index contributed by atoms with van der Waals surface area (Å²) in [5.41, 5.74) is 0.601. The minimum atomic E-state index is -0.952. The molecule has 1 aromatic heterocycles. The molecule has 2 heterocycles. The van der Waals surface area contributed by atoms with E-state index in [4.69, 9.17) is 4.74 Å². The average molecular weight is 427 g/mol. The third kappa shape index (κ3) is 4.03. The van der Waals surface area contributed by atoms with Gasteiger partial charge in [-0.3, -0.25) is 9.59 Å². The molecule has 1 saturated carbocycles. The van der Waals surface area contributed by atoms with Crippen LogP contribution in [0, 0.1) is 0 Å². The molecule has 0 unspecified atom stereocenters. The molecule has 2 aromatic rings. The number of hydrogen-bond donors (Lipinski definition) is 1. The number of benzene rings is 1. The van der Waals surface area contributed by atoms with E-state index in [-0.39, 0.29) is 17.9 Å². The summed E-state index contributed by atoms with van der Waals surface area (Å²) in [6, 6.07) is 7.94. The molecule has 168 valence electrons. The van der Waals surface area contributed by atoms with Gasteiger partial charge >= 0.3 is 0 Å². The number of carbonyl (C=O) groups excluding carboxylic acids is 2. The fourth-order valence-electron chi connectivity index (χ4n) is 4.89. The number of nitrogens with zero attached hydrogens (tertiary/aromatic N) is 3. The molecule has 31 heavy (non-hydrogen) atoms. The molecule has 0 saturated heterocycles. The summed E-state index contributed by atoms with van der Waals surface area (Å²) in [5.74, 6) is 0.593. The molecule has 0 radical (unpaired) electrons. The Labute approximate surface area is 184 Å². The van der Waals surface area contributed by atoms with E-state index in [0.29, 0.717) is 25.3 Å². The van der Waals surface area contributed by atoms with E-state index < -0.39 is 5.54 Å². The number of methoxy groups -OCH3 is 1. The van der Waals surface area contributed by atoms with E-state index in [2.05, 4.69) is 5.32 Å². The van der Waals surface area contributed by atoms with Crippen LogP contribution in [0.4, 0.5) is 0 Å². The molecule has 1 aliphatic heterocycles. The number of nitrogens with one attached hydrogen (secondary N) is 1. The highest BCUT2D eigenvalue weighted by atomic mass is 16.5. The molecule has 7 heteroatoms. The zero-order valence-corrected chi connectivity index (χ0v) is 19.1. The number of rotatable bonds is 6.